The SMILES string of the molecule is C1CN(C2CN(c3nnc(C4CC4)s3)C2)CCS1. The minimum Gasteiger partial charge on any atom is -0.343 e. The van der Waals surface area contributed by atoms with Gasteiger partial charge in [0.15, 0.2) is 0 Å². The summed E-state index contributed by atoms with van der Waals surface area (Å²) >= 11 is 3.90. The van der Waals surface area contributed by atoms with Gasteiger partial charge in [-0.05, 0) is 12.8 Å². The fourth-order valence-corrected chi connectivity index (χ4v) is 4.60. The lowest BCUT2D eigenvalue weighted by molar-refractivity contribution is 0.183. The highest BCUT2D eigenvalue weighted by Gasteiger charge is 2.35. The zero-order valence-corrected chi connectivity index (χ0v) is 12.0. The molecule has 3 heterocycles. The molecule has 0 aromatic carbocycles. The molecule has 0 bridgehead atoms. The van der Waals surface area contributed by atoms with Gasteiger partial charge < -0.3 is 4.90 Å². The number of rotatable bonds is 3. The number of hydrogen-bond acceptors (Lipinski definition) is 6. The van der Waals surface area contributed by atoms with Crippen LogP contribution in [0, 0.1) is 0 Å². The molecule has 1 aromatic heterocycles. The molecular formula is C12H18N4S2. The van der Waals surface area contributed by atoms with Crippen molar-refractivity contribution in [2.75, 3.05) is 42.6 Å². The van der Waals surface area contributed by atoms with E-state index in [1.165, 1.54) is 42.4 Å². The predicted molar refractivity (Wildman–Crippen MR) is 76.8 cm³/mol. The third-order valence-electron chi connectivity index (χ3n) is 4.05. The molecule has 6 heteroatoms. The molecule has 1 aliphatic carbocycles. The van der Waals surface area contributed by atoms with Crippen molar-refractivity contribution in [2.24, 2.45) is 0 Å². The Hall–Kier alpha value is -0.330. The topological polar surface area (TPSA) is 32.3 Å². The maximum absolute atomic E-state index is 4.35. The molecule has 98 valence electrons. The molecule has 2 aliphatic heterocycles. The Kier molecular flexibility index (Phi) is 2.97. The molecule has 18 heavy (non-hydrogen) atoms. The second-order valence-electron chi connectivity index (χ2n) is 5.40. The molecule has 1 saturated carbocycles. The van der Waals surface area contributed by atoms with Crippen LogP contribution in [0.15, 0.2) is 0 Å². The molecule has 0 N–H and O–H groups in total. The van der Waals surface area contributed by atoms with E-state index in [0.29, 0.717) is 0 Å². The molecular weight excluding hydrogens is 264 g/mol. The van der Waals surface area contributed by atoms with Gasteiger partial charge >= 0.3 is 0 Å². The van der Waals surface area contributed by atoms with Gasteiger partial charge in [0.05, 0.1) is 0 Å². The first kappa shape index (κ1) is 11.5. The van der Waals surface area contributed by atoms with Crippen molar-refractivity contribution in [3.63, 3.8) is 0 Å². The highest BCUT2D eigenvalue weighted by molar-refractivity contribution is 7.99. The average Bonchev–Trinajstić information content (AvgIpc) is 3.09. The average molecular weight is 282 g/mol. The Labute approximate surface area is 116 Å². The van der Waals surface area contributed by atoms with E-state index in [9.17, 15) is 0 Å². The summed E-state index contributed by atoms with van der Waals surface area (Å²) in [6.07, 6.45) is 2.64. The van der Waals surface area contributed by atoms with Crippen LogP contribution in [0.25, 0.3) is 0 Å². The number of nitrogens with zero attached hydrogens (tertiary/aromatic N) is 4. The van der Waals surface area contributed by atoms with E-state index in [4.69, 9.17) is 0 Å². The molecule has 0 atom stereocenters. The molecule has 1 aromatic rings. The van der Waals surface area contributed by atoms with Crippen LogP contribution >= 0.6 is 23.1 Å². The van der Waals surface area contributed by atoms with Gasteiger partial charge in [-0.2, -0.15) is 11.8 Å². The van der Waals surface area contributed by atoms with Crippen molar-refractivity contribution in [3.05, 3.63) is 5.01 Å². The maximum Gasteiger partial charge on any atom is 0.208 e. The van der Waals surface area contributed by atoms with Gasteiger partial charge in [-0.25, -0.2) is 0 Å². The summed E-state index contributed by atoms with van der Waals surface area (Å²) < 4.78 is 0. The number of thioether (sulfide) groups is 1. The monoisotopic (exact) mass is 282 g/mol. The van der Waals surface area contributed by atoms with E-state index in [-0.39, 0.29) is 0 Å². The second-order valence-corrected chi connectivity index (χ2v) is 7.62. The zero-order chi connectivity index (χ0) is 11.9. The van der Waals surface area contributed by atoms with Crippen LogP contribution in [0.4, 0.5) is 5.13 Å². The molecule has 3 fully saturated rings. The molecule has 0 radical (unpaired) electrons. The van der Waals surface area contributed by atoms with Crippen molar-refractivity contribution in [3.8, 4) is 0 Å². The van der Waals surface area contributed by atoms with Crippen LogP contribution in [0.3, 0.4) is 0 Å². The summed E-state index contributed by atoms with van der Waals surface area (Å²) in [7, 11) is 0. The summed E-state index contributed by atoms with van der Waals surface area (Å²) in [4.78, 5) is 5.05. The lowest BCUT2D eigenvalue weighted by Gasteiger charge is -2.46. The summed E-state index contributed by atoms with van der Waals surface area (Å²) in [5, 5.41) is 11.1. The first-order chi connectivity index (χ1) is 8.90. The first-order valence-electron chi connectivity index (χ1n) is 6.80. The molecule has 2 saturated heterocycles. The number of aromatic nitrogens is 2. The Morgan fingerprint density at radius 2 is 1.83 bits per heavy atom. The van der Waals surface area contributed by atoms with Gasteiger partial charge in [-0.3, -0.25) is 4.90 Å². The van der Waals surface area contributed by atoms with Crippen LogP contribution in [-0.2, 0) is 0 Å². The third kappa shape index (κ3) is 2.14. The fraction of sp³-hybridized carbons (Fsp3) is 0.833. The smallest absolute Gasteiger partial charge is 0.208 e. The van der Waals surface area contributed by atoms with E-state index < -0.39 is 0 Å². The van der Waals surface area contributed by atoms with E-state index in [2.05, 4.69) is 31.8 Å². The standard InChI is InChI=1S/C12H18N4S2/c1-2-9(1)11-13-14-12(18-11)16-7-10(8-16)15-3-5-17-6-4-15/h9-10H,1-8H2. The third-order valence-corrected chi connectivity index (χ3v) is 6.14. The van der Waals surface area contributed by atoms with Gasteiger partial charge in [-0.15, -0.1) is 10.2 Å². The van der Waals surface area contributed by atoms with Crippen molar-refractivity contribution in [1.29, 1.82) is 0 Å². The Balaban J connectivity index is 1.34. The lowest BCUT2D eigenvalue weighted by Crippen LogP contribution is -2.61. The molecule has 3 aliphatic rings. The molecule has 0 amide bonds. The van der Waals surface area contributed by atoms with Crippen molar-refractivity contribution < 1.29 is 0 Å². The normalized spacial score (nSPS) is 26.3. The maximum atomic E-state index is 4.35. The van der Waals surface area contributed by atoms with E-state index in [1.807, 2.05) is 11.3 Å². The van der Waals surface area contributed by atoms with Gasteiger partial charge in [0.2, 0.25) is 5.13 Å². The van der Waals surface area contributed by atoms with Gasteiger partial charge in [0.1, 0.15) is 5.01 Å². The van der Waals surface area contributed by atoms with Crippen molar-refractivity contribution in [1.82, 2.24) is 15.1 Å². The molecule has 0 unspecified atom stereocenters. The van der Waals surface area contributed by atoms with Crippen molar-refractivity contribution in [2.45, 2.75) is 24.8 Å². The lowest BCUT2D eigenvalue weighted by atomic mass is 10.1. The van der Waals surface area contributed by atoms with Gasteiger partial charge in [-0.1, -0.05) is 11.3 Å². The summed E-state index contributed by atoms with van der Waals surface area (Å²) in [6.45, 7) is 4.85. The Morgan fingerprint density at radius 3 is 2.56 bits per heavy atom. The van der Waals surface area contributed by atoms with Crippen LogP contribution in [0.1, 0.15) is 23.8 Å². The van der Waals surface area contributed by atoms with Crippen LogP contribution in [0.5, 0.6) is 0 Å². The zero-order valence-electron chi connectivity index (χ0n) is 10.4. The minimum atomic E-state index is 0.743. The molecule has 4 nitrogen and oxygen atoms in total. The number of hydrogen-bond donors (Lipinski definition) is 0. The number of anilines is 1. The van der Waals surface area contributed by atoms with Crippen LogP contribution in [-0.4, -0.2) is 58.8 Å². The first-order valence-corrected chi connectivity index (χ1v) is 8.77. The van der Waals surface area contributed by atoms with Crippen LogP contribution < -0.4 is 4.90 Å². The Bertz CT molecular complexity index is 419. The predicted octanol–water partition coefficient (Wildman–Crippen LogP) is 1.65. The summed E-state index contributed by atoms with van der Waals surface area (Å²) in [5.41, 5.74) is 0. The molecule has 0 spiro atoms. The highest BCUT2D eigenvalue weighted by Crippen LogP contribution is 2.43. The highest BCUT2D eigenvalue weighted by atomic mass is 32.2. The summed E-state index contributed by atoms with van der Waals surface area (Å²) in [5.74, 6) is 3.36. The quantitative estimate of drug-likeness (QED) is 0.842. The Morgan fingerprint density at radius 1 is 1.06 bits per heavy atom. The minimum absolute atomic E-state index is 0.743. The van der Waals surface area contributed by atoms with Gasteiger partial charge in [0, 0.05) is 49.6 Å². The second kappa shape index (κ2) is 4.65. The van der Waals surface area contributed by atoms with E-state index in [0.717, 1.165) is 30.2 Å². The van der Waals surface area contributed by atoms with E-state index in [1.54, 1.807) is 0 Å². The largest absolute Gasteiger partial charge is 0.343 e. The van der Waals surface area contributed by atoms with Crippen molar-refractivity contribution >= 4 is 28.2 Å². The fourth-order valence-electron chi connectivity index (χ4n) is 2.63. The van der Waals surface area contributed by atoms with Crippen LogP contribution in [0.2, 0.25) is 0 Å². The molecule has 4 rings (SSSR count). The van der Waals surface area contributed by atoms with Gasteiger partial charge in [0.25, 0.3) is 0 Å². The summed E-state index contributed by atoms with van der Waals surface area (Å²) in [6, 6.07) is 0.763. The van der Waals surface area contributed by atoms with E-state index >= 15 is 0 Å².